The second-order valence-electron chi connectivity index (χ2n) is 6.76. The highest BCUT2D eigenvalue weighted by molar-refractivity contribution is 14.0. The van der Waals surface area contributed by atoms with Crippen LogP contribution in [0.3, 0.4) is 0 Å². The fourth-order valence-corrected chi connectivity index (χ4v) is 2.83. The van der Waals surface area contributed by atoms with E-state index in [4.69, 9.17) is 0 Å². The van der Waals surface area contributed by atoms with Gasteiger partial charge >= 0.3 is 6.18 Å². The normalized spacial score (nSPS) is 11.6. The number of carbonyl (C=O) groups is 1. The van der Waals surface area contributed by atoms with Gasteiger partial charge in [0.1, 0.15) is 0 Å². The molecule has 11 heteroatoms. The highest BCUT2D eigenvalue weighted by atomic mass is 127. The number of carbonyl (C=O) groups excluding carboxylic acids is 1. The van der Waals surface area contributed by atoms with E-state index in [0.29, 0.717) is 25.6 Å². The van der Waals surface area contributed by atoms with Crippen LogP contribution in [0.25, 0.3) is 0 Å². The predicted octanol–water partition coefficient (Wildman–Crippen LogP) is 3.12. The van der Waals surface area contributed by atoms with Crippen LogP contribution in [0.5, 0.6) is 0 Å². The van der Waals surface area contributed by atoms with Gasteiger partial charge < -0.3 is 16.0 Å². The number of hydrogen-bond donors (Lipinski definition) is 3. The van der Waals surface area contributed by atoms with E-state index in [1.54, 1.807) is 7.05 Å². The van der Waals surface area contributed by atoms with Crippen molar-refractivity contribution in [3.63, 3.8) is 0 Å². The Morgan fingerprint density at radius 3 is 2.23 bits per heavy atom. The van der Waals surface area contributed by atoms with E-state index >= 15 is 0 Å². The van der Waals surface area contributed by atoms with E-state index in [1.807, 2.05) is 24.6 Å². The minimum atomic E-state index is -4.42. The Morgan fingerprint density at radius 1 is 1.06 bits per heavy atom. The third kappa shape index (κ3) is 8.75. The Hall–Kier alpha value is -2.31. The summed E-state index contributed by atoms with van der Waals surface area (Å²) >= 11 is 0. The maximum atomic E-state index is 12.6. The second-order valence-corrected chi connectivity index (χ2v) is 6.76. The lowest BCUT2D eigenvalue weighted by Crippen LogP contribution is -2.42. The number of halogens is 4. The van der Waals surface area contributed by atoms with Crippen molar-refractivity contribution < 1.29 is 18.0 Å². The molecule has 1 aromatic heterocycles. The molecule has 3 N–H and O–H groups in total. The van der Waals surface area contributed by atoms with Gasteiger partial charge in [-0.05, 0) is 50.6 Å². The monoisotopic (exact) mass is 552 g/mol. The Morgan fingerprint density at radius 2 is 1.68 bits per heavy atom. The molecular weight excluding hydrogens is 524 g/mol. The summed E-state index contributed by atoms with van der Waals surface area (Å²) in [5, 5.41) is 13.3. The first-order chi connectivity index (χ1) is 14.2. The number of amides is 1. The van der Waals surface area contributed by atoms with Gasteiger partial charge in [0, 0.05) is 44.5 Å². The maximum absolute atomic E-state index is 12.6. The second kappa shape index (κ2) is 12.5. The van der Waals surface area contributed by atoms with Crippen molar-refractivity contribution in [2.24, 2.45) is 4.99 Å². The molecule has 7 nitrogen and oxygen atoms in total. The molecule has 0 atom stereocenters. The number of aromatic nitrogens is 2. The van der Waals surface area contributed by atoms with Gasteiger partial charge in [0.2, 0.25) is 0 Å². The summed E-state index contributed by atoms with van der Waals surface area (Å²) < 4.78 is 39.7. The molecule has 0 aliphatic rings. The van der Waals surface area contributed by atoms with Crippen LogP contribution >= 0.6 is 24.0 Å². The van der Waals surface area contributed by atoms with E-state index in [0.717, 1.165) is 48.6 Å². The number of aliphatic imine (C=N–C) groups is 1. The van der Waals surface area contributed by atoms with Gasteiger partial charge in [0.15, 0.2) is 5.96 Å². The van der Waals surface area contributed by atoms with Gasteiger partial charge in [-0.15, -0.1) is 24.0 Å². The molecule has 1 aromatic carbocycles. The lowest BCUT2D eigenvalue weighted by molar-refractivity contribution is -0.137. The molecule has 0 unspecified atom stereocenters. The predicted molar refractivity (Wildman–Crippen MR) is 125 cm³/mol. The van der Waals surface area contributed by atoms with E-state index in [1.165, 1.54) is 0 Å². The van der Waals surface area contributed by atoms with Gasteiger partial charge in [-0.1, -0.05) is 0 Å². The van der Waals surface area contributed by atoms with E-state index in [2.05, 4.69) is 26.0 Å². The summed E-state index contributed by atoms with van der Waals surface area (Å²) in [5.74, 6) is 0.172. The summed E-state index contributed by atoms with van der Waals surface area (Å²) in [6.45, 7) is 6.20. The zero-order chi connectivity index (χ0) is 22.1. The van der Waals surface area contributed by atoms with Crippen molar-refractivity contribution in [3.8, 4) is 0 Å². The van der Waals surface area contributed by atoms with Crippen LogP contribution in [0.15, 0.2) is 35.3 Å². The Balaban J connectivity index is 0.00000480. The topological polar surface area (TPSA) is 83.3 Å². The SMILES string of the molecule is CN=C(NCCCn1nc(C)cc1C)NCCNC(=O)c1ccc(C(F)(F)F)cc1.I. The highest BCUT2D eigenvalue weighted by Crippen LogP contribution is 2.29. The summed E-state index contributed by atoms with van der Waals surface area (Å²) in [6, 6.07) is 6.15. The van der Waals surface area contributed by atoms with Gasteiger partial charge in [-0.2, -0.15) is 18.3 Å². The maximum Gasteiger partial charge on any atom is 0.416 e. The number of alkyl halides is 3. The van der Waals surface area contributed by atoms with Crippen molar-refractivity contribution in [1.82, 2.24) is 25.7 Å². The van der Waals surface area contributed by atoms with Crippen LogP contribution in [-0.4, -0.2) is 48.3 Å². The molecule has 2 rings (SSSR count). The van der Waals surface area contributed by atoms with Crippen molar-refractivity contribution in [1.29, 1.82) is 0 Å². The summed E-state index contributed by atoms with van der Waals surface area (Å²) in [7, 11) is 1.65. The van der Waals surface area contributed by atoms with Crippen LogP contribution in [0.1, 0.15) is 33.7 Å². The van der Waals surface area contributed by atoms with Crippen LogP contribution in [-0.2, 0) is 12.7 Å². The molecule has 0 fully saturated rings. The molecule has 0 saturated carbocycles. The average Bonchev–Trinajstić information content (AvgIpc) is 3.03. The highest BCUT2D eigenvalue weighted by Gasteiger charge is 2.30. The van der Waals surface area contributed by atoms with Crippen molar-refractivity contribution in [2.75, 3.05) is 26.7 Å². The molecule has 1 heterocycles. The first-order valence-electron chi connectivity index (χ1n) is 9.61. The quantitative estimate of drug-likeness (QED) is 0.204. The zero-order valence-electron chi connectivity index (χ0n) is 17.7. The largest absolute Gasteiger partial charge is 0.416 e. The molecule has 0 saturated heterocycles. The van der Waals surface area contributed by atoms with Gasteiger partial charge in [-0.3, -0.25) is 14.5 Å². The lowest BCUT2D eigenvalue weighted by Gasteiger charge is -2.13. The fourth-order valence-electron chi connectivity index (χ4n) is 2.83. The number of aryl methyl sites for hydroxylation is 3. The smallest absolute Gasteiger partial charge is 0.356 e. The first-order valence-corrected chi connectivity index (χ1v) is 9.61. The Labute approximate surface area is 196 Å². The summed E-state index contributed by atoms with van der Waals surface area (Å²) in [6.07, 6.45) is -3.55. The molecule has 31 heavy (non-hydrogen) atoms. The van der Waals surface area contributed by atoms with Gasteiger partial charge in [-0.25, -0.2) is 0 Å². The van der Waals surface area contributed by atoms with E-state index in [-0.39, 0.29) is 29.5 Å². The van der Waals surface area contributed by atoms with Crippen molar-refractivity contribution in [2.45, 2.75) is 33.0 Å². The molecule has 0 aliphatic carbocycles. The third-order valence-corrected chi connectivity index (χ3v) is 4.34. The van der Waals surface area contributed by atoms with E-state index in [9.17, 15) is 18.0 Å². The standard InChI is InChI=1S/C20H27F3N6O.HI/c1-14-13-15(2)29(28-14)12-4-9-26-19(24-3)27-11-10-25-18(30)16-5-7-17(8-6-16)20(21,22)23;/h5-8,13H,4,9-12H2,1-3H3,(H,25,30)(H2,24,26,27);1H. The molecule has 2 aromatic rings. The third-order valence-electron chi connectivity index (χ3n) is 4.34. The van der Waals surface area contributed by atoms with Crippen LogP contribution in [0.4, 0.5) is 13.2 Å². The zero-order valence-corrected chi connectivity index (χ0v) is 20.0. The van der Waals surface area contributed by atoms with Crippen molar-refractivity contribution in [3.05, 3.63) is 52.8 Å². The lowest BCUT2D eigenvalue weighted by atomic mass is 10.1. The number of hydrogen-bond acceptors (Lipinski definition) is 3. The molecule has 0 aliphatic heterocycles. The number of rotatable bonds is 8. The van der Waals surface area contributed by atoms with Crippen LogP contribution in [0, 0.1) is 13.8 Å². The van der Waals surface area contributed by atoms with Crippen molar-refractivity contribution >= 4 is 35.8 Å². The molecule has 0 bridgehead atoms. The summed E-state index contributed by atoms with van der Waals surface area (Å²) in [4.78, 5) is 16.1. The number of guanidine groups is 1. The average molecular weight is 552 g/mol. The minimum absolute atomic E-state index is 0. The van der Waals surface area contributed by atoms with Crippen LogP contribution < -0.4 is 16.0 Å². The molecular formula is C20H28F3IN6O. The molecule has 172 valence electrons. The Kier molecular flexibility index (Phi) is 10.8. The van der Waals surface area contributed by atoms with Crippen LogP contribution in [0.2, 0.25) is 0 Å². The number of nitrogens with one attached hydrogen (secondary N) is 3. The van der Waals surface area contributed by atoms with Gasteiger partial charge in [0.25, 0.3) is 5.91 Å². The first kappa shape index (κ1) is 26.7. The minimum Gasteiger partial charge on any atom is -0.356 e. The molecule has 0 spiro atoms. The van der Waals surface area contributed by atoms with Gasteiger partial charge in [0.05, 0.1) is 11.3 Å². The molecule has 1 amide bonds. The Bertz CT molecular complexity index is 865. The number of nitrogens with zero attached hydrogens (tertiary/aromatic N) is 3. The van der Waals surface area contributed by atoms with E-state index < -0.39 is 17.6 Å². The molecule has 0 radical (unpaired) electrons. The number of benzene rings is 1. The fraction of sp³-hybridized carbons (Fsp3) is 0.450. The summed E-state index contributed by atoms with van der Waals surface area (Å²) in [5.41, 5.74) is 1.51.